The fourth-order valence-corrected chi connectivity index (χ4v) is 4.85. The van der Waals surface area contributed by atoms with Crippen molar-refractivity contribution in [1.82, 2.24) is 19.8 Å². The second kappa shape index (κ2) is 14.2. The van der Waals surface area contributed by atoms with Crippen molar-refractivity contribution in [2.45, 2.75) is 78.0 Å². The molecule has 204 valence electrons. The highest BCUT2D eigenvalue weighted by Gasteiger charge is 2.25. The monoisotopic (exact) mass is 514 g/mol. The fourth-order valence-electron chi connectivity index (χ4n) is 4.85. The van der Waals surface area contributed by atoms with Crippen molar-refractivity contribution in [1.29, 1.82) is 0 Å². The molecule has 9 nitrogen and oxygen atoms in total. The van der Waals surface area contributed by atoms with Crippen LogP contribution in [0.5, 0.6) is 0 Å². The first kappa shape index (κ1) is 30.3. The van der Waals surface area contributed by atoms with E-state index in [0.29, 0.717) is 12.1 Å². The summed E-state index contributed by atoms with van der Waals surface area (Å²) >= 11 is 0. The Hall–Kier alpha value is -2.88. The molecule has 0 radical (unpaired) electrons. The first-order valence-electron chi connectivity index (χ1n) is 12.8. The van der Waals surface area contributed by atoms with Gasteiger partial charge in [-0.15, -0.1) is 0 Å². The van der Waals surface area contributed by atoms with E-state index >= 15 is 0 Å². The molecule has 3 N–H and O–H groups in total. The minimum absolute atomic E-state index is 0.599. The third-order valence-electron chi connectivity index (χ3n) is 6.94. The fraction of sp³-hybridized carbons (Fsp3) is 0.571. The molecule has 2 aromatic heterocycles. The van der Waals surface area contributed by atoms with Crippen LogP contribution >= 0.6 is 0 Å². The first-order valence-corrected chi connectivity index (χ1v) is 12.8. The Bertz CT molecular complexity index is 993. The molecule has 2 aliphatic rings. The summed E-state index contributed by atoms with van der Waals surface area (Å²) in [6.45, 7) is 10.9. The minimum atomic E-state index is -1.79. The molecule has 4 heterocycles. The highest BCUT2D eigenvalue weighted by atomic mass is 16.4. The molecule has 2 saturated heterocycles. The summed E-state index contributed by atoms with van der Waals surface area (Å²) in [5.41, 5.74) is 7.76. The van der Waals surface area contributed by atoms with Gasteiger partial charge in [0, 0.05) is 35.9 Å². The predicted molar refractivity (Wildman–Crippen MR) is 143 cm³/mol. The standard InChI is InChI=1S/2C12H18N2.C4H6O5/c2*1-9-7-11(10(2)13-8-9)12-5-4-6-14(12)3;5-2(4(8)9)1-3(6)7/h2*7-8,12H,4-6H2,1-3H3;2,5H,1H2,(H,6,7)(H,8,9)/t2*12-;/m00./s1. The number of aliphatic hydroxyl groups excluding tert-OH is 1. The van der Waals surface area contributed by atoms with E-state index in [4.69, 9.17) is 15.3 Å². The zero-order chi connectivity index (χ0) is 27.7. The maximum atomic E-state index is 9.72. The molecule has 1 unspecified atom stereocenters. The zero-order valence-electron chi connectivity index (χ0n) is 22.9. The van der Waals surface area contributed by atoms with Crippen LogP contribution in [0.3, 0.4) is 0 Å². The van der Waals surface area contributed by atoms with Gasteiger partial charge in [-0.25, -0.2) is 4.79 Å². The summed E-state index contributed by atoms with van der Waals surface area (Å²) in [5, 5.41) is 24.1. The second-order valence-electron chi connectivity index (χ2n) is 10.1. The Morgan fingerprint density at radius 2 is 1.27 bits per heavy atom. The number of aromatic nitrogens is 2. The van der Waals surface area contributed by atoms with Crippen molar-refractivity contribution in [3.05, 3.63) is 58.2 Å². The molecule has 3 atom stereocenters. The maximum Gasteiger partial charge on any atom is 0.333 e. The number of carbonyl (C=O) groups is 2. The summed E-state index contributed by atoms with van der Waals surface area (Å²) in [4.78, 5) is 33.1. The summed E-state index contributed by atoms with van der Waals surface area (Å²) in [6, 6.07) is 5.77. The molecule has 0 bridgehead atoms. The number of hydrogen-bond acceptors (Lipinski definition) is 7. The lowest BCUT2D eigenvalue weighted by molar-refractivity contribution is -0.152. The highest BCUT2D eigenvalue weighted by Crippen LogP contribution is 2.32. The van der Waals surface area contributed by atoms with Gasteiger partial charge in [0.2, 0.25) is 0 Å². The van der Waals surface area contributed by atoms with Gasteiger partial charge in [0.05, 0.1) is 6.42 Å². The summed E-state index contributed by atoms with van der Waals surface area (Å²) in [5.74, 6) is -2.85. The van der Waals surface area contributed by atoms with E-state index in [1.165, 1.54) is 72.4 Å². The van der Waals surface area contributed by atoms with Gasteiger partial charge in [-0.3, -0.25) is 24.6 Å². The van der Waals surface area contributed by atoms with Gasteiger partial charge < -0.3 is 15.3 Å². The number of aryl methyl sites for hydroxylation is 4. The number of likely N-dealkylation sites (tertiary alicyclic amines) is 2. The van der Waals surface area contributed by atoms with Gasteiger partial charge in [0.1, 0.15) is 0 Å². The van der Waals surface area contributed by atoms with E-state index in [9.17, 15) is 9.59 Å². The normalized spacial score (nSPS) is 20.4. The van der Waals surface area contributed by atoms with Crippen LogP contribution in [0.15, 0.2) is 24.5 Å². The molecule has 9 heteroatoms. The van der Waals surface area contributed by atoms with Crippen LogP contribution in [0.4, 0.5) is 0 Å². The Kier molecular flexibility index (Phi) is 11.6. The van der Waals surface area contributed by atoms with Crippen molar-refractivity contribution in [2.75, 3.05) is 27.2 Å². The molecule has 2 aromatic rings. The lowest BCUT2D eigenvalue weighted by Gasteiger charge is -2.21. The van der Waals surface area contributed by atoms with E-state index in [1.807, 2.05) is 12.4 Å². The molecule has 2 aliphatic heterocycles. The zero-order valence-corrected chi connectivity index (χ0v) is 22.9. The molecule has 4 rings (SSSR count). The van der Waals surface area contributed by atoms with Crippen LogP contribution in [-0.4, -0.2) is 80.3 Å². The van der Waals surface area contributed by atoms with E-state index in [2.05, 4.69) is 73.7 Å². The van der Waals surface area contributed by atoms with Gasteiger partial charge in [-0.1, -0.05) is 12.1 Å². The molecule has 2 fully saturated rings. The van der Waals surface area contributed by atoms with Gasteiger partial charge in [0.25, 0.3) is 0 Å². The van der Waals surface area contributed by atoms with Gasteiger partial charge in [0.15, 0.2) is 6.10 Å². The lowest BCUT2D eigenvalue weighted by atomic mass is 10.0. The highest BCUT2D eigenvalue weighted by molar-refractivity contribution is 5.79. The van der Waals surface area contributed by atoms with E-state index in [-0.39, 0.29) is 0 Å². The number of aliphatic carboxylic acids is 2. The number of hydrogen-bond donors (Lipinski definition) is 3. The van der Waals surface area contributed by atoms with Crippen molar-refractivity contribution in [3.63, 3.8) is 0 Å². The predicted octanol–water partition coefficient (Wildman–Crippen LogP) is 3.84. The van der Waals surface area contributed by atoms with E-state index < -0.39 is 24.5 Å². The Balaban J connectivity index is 0.000000201. The Morgan fingerprint density at radius 1 is 0.865 bits per heavy atom. The summed E-state index contributed by atoms with van der Waals surface area (Å²) in [6.07, 6.45) is 6.55. The van der Waals surface area contributed by atoms with E-state index in [0.717, 1.165) is 0 Å². The number of carboxylic acids is 2. The van der Waals surface area contributed by atoms with Crippen LogP contribution in [-0.2, 0) is 9.59 Å². The minimum Gasteiger partial charge on any atom is -0.481 e. The Labute approximate surface area is 220 Å². The summed E-state index contributed by atoms with van der Waals surface area (Å²) < 4.78 is 0. The number of nitrogens with zero attached hydrogens (tertiary/aromatic N) is 4. The molecule has 0 aromatic carbocycles. The molecule has 0 saturated carbocycles. The third kappa shape index (κ3) is 9.18. The number of carboxylic acid groups (broad SMARTS) is 2. The number of aliphatic hydroxyl groups is 1. The van der Waals surface area contributed by atoms with Crippen molar-refractivity contribution in [3.8, 4) is 0 Å². The largest absolute Gasteiger partial charge is 0.481 e. The van der Waals surface area contributed by atoms with Gasteiger partial charge in [-0.05, 0) is 103 Å². The SMILES string of the molecule is Cc1cnc(C)c([C@@H]2CCCN2C)c1.Cc1cnc(C)c([C@@H]2CCCN2C)c1.O=C(O)CC(O)C(=O)O. The smallest absolute Gasteiger partial charge is 0.333 e. The van der Waals surface area contributed by atoms with Crippen molar-refractivity contribution in [2.24, 2.45) is 0 Å². The maximum absolute atomic E-state index is 9.72. The Morgan fingerprint density at radius 3 is 1.54 bits per heavy atom. The van der Waals surface area contributed by atoms with Crippen LogP contribution in [0.2, 0.25) is 0 Å². The second-order valence-corrected chi connectivity index (χ2v) is 10.1. The average molecular weight is 515 g/mol. The molecule has 0 aliphatic carbocycles. The first-order chi connectivity index (χ1) is 17.4. The molecule has 37 heavy (non-hydrogen) atoms. The van der Waals surface area contributed by atoms with Crippen molar-refractivity contribution < 1.29 is 24.9 Å². The van der Waals surface area contributed by atoms with Gasteiger partial charge >= 0.3 is 11.9 Å². The average Bonchev–Trinajstić information content (AvgIpc) is 3.45. The number of pyridine rings is 2. The molecular weight excluding hydrogens is 472 g/mol. The quantitative estimate of drug-likeness (QED) is 0.545. The van der Waals surface area contributed by atoms with Crippen molar-refractivity contribution >= 4 is 11.9 Å². The number of rotatable bonds is 5. The van der Waals surface area contributed by atoms with Crippen LogP contribution < -0.4 is 0 Å². The van der Waals surface area contributed by atoms with Crippen LogP contribution in [0.25, 0.3) is 0 Å². The van der Waals surface area contributed by atoms with Crippen LogP contribution in [0, 0.1) is 27.7 Å². The molecule has 0 amide bonds. The topological polar surface area (TPSA) is 127 Å². The van der Waals surface area contributed by atoms with Crippen LogP contribution in [0.1, 0.15) is 77.8 Å². The third-order valence-corrected chi connectivity index (χ3v) is 6.94. The molecular formula is C28H42N4O5. The summed E-state index contributed by atoms with van der Waals surface area (Å²) in [7, 11) is 4.42. The van der Waals surface area contributed by atoms with Gasteiger partial charge in [-0.2, -0.15) is 0 Å². The lowest BCUT2D eigenvalue weighted by Crippen LogP contribution is -2.22. The van der Waals surface area contributed by atoms with E-state index in [1.54, 1.807) is 0 Å². The molecule has 0 spiro atoms.